The molecule has 0 saturated carbocycles. The van der Waals surface area contributed by atoms with Crippen molar-refractivity contribution in [2.24, 2.45) is 0 Å². The Hall–Kier alpha value is -1.76. The molecule has 2 aromatic rings. The molecule has 4 rings (SSSR count). The highest BCUT2D eigenvalue weighted by Gasteiger charge is 2.38. The molecule has 1 atom stereocenters. The van der Waals surface area contributed by atoms with Crippen LogP contribution in [0.25, 0.3) is 6.08 Å². The summed E-state index contributed by atoms with van der Waals surface area (Å²) >= 11 is 0. The highest BCUT2D eigenvalue weighted by atomic mass is 15.0. The van der Waals surface area contributed by atoms with Gasteiger partial charge in [-0.05, 0) is 36.1 Å². The summed E-state index contributed by atoms with van der Waals surface area (Å²) in [6, 6.07) is 11.1. The lowest BCUT2D eigenvalue weighted by atomic mass is 9.70. The van der Waals surface area contributed by atoms with Crippen molar-refractivity contribution in [3.05, 3.63) is 65.0 Å². The number of benzene rings is 1. The zero-order chi connectivity index (χ0) is 11.5. The van der Waals surface area contributed by atoms with Gasteiger partial charge in [-0.2, -0.15) is 0 Å². The molecule has 1 aliphatic heterocycles. The van der Waals surface area contributed by atoms with E-state index in [2.05, 4.69) is 60.2 Å². The van der Waals surface area contributed by atoms with Gasteiger partial charge in [-0.25, -0.2) is 0 Å². The normalized spacial score (nSPS) is 24.3. The van der Waals surface area contributed by atoms with Gasteiger partial charge in [0.05, 0.1) is 0 Å². The van der Waals surface area contributed by atoms with E-state index in [9.17, 15) is 0 Å². The first-order chi connectivity index (χ1) is 8.29. The van der Waals surface area contributed by atoms with Gasteiger partial charge in [-0.15, -0.1) is 0 Å². The summed E-state index contributed by atoms with van der Waals surface area (Å²) in [4.78, 5) is 0. The summed E-state index contributed by atoms with van der Waals surface area (Å²) in [5.41, 5.74) is 6.05. The van der Waals surface area contributed by atoms with Gasteiger partial charge in [-0.1, -0.05) is 36.4 Å². The van der Waals surface area contributed by atoms with Crippen LogP contribution in [0.2, 0.25) is 0 Å². The molecule has 1 aromatic carbocycles. The lowest BCUT2D eigenvalue weighted by Gasteiger charge is -2.39. The van der Waals surface area contributed by atoms with Crippen LogP contribution in [0.3, 0.4) is 0 Å². The molecule has 2 aliphatic rings. The molecule has 84 valence electrons. The SMILES string of the molecule is C[C@]12CC=Cc3ccn(c31)Cc1ccccc12. The summed E-state index contributed by atoms with van der Waals surface area (Å²) in [5.74, 6) is 0. The Kier molecular flexibility index (Phi) is 1.60. The smallest absolute Gasteiger partial charge is 0.0476 e. The maximum absolute atomic E-state index is 2.42. The summed E-state index contributed by atoms with van der Waals surface area (Å²) in [7, 11) is 0. The predicted octanol–water partition coefficient (Wildman–Crippen LogP) is 3.57. The zero-order valence-electron chi connectivity index (χ0n) is 9.98. The largest absolute Gasteiger partial charge is 0.346 e. The molecule has 1 aliphatic carbocycles. The second-order valence-electron chi connectivity index (χ2n) is 5.34. The van der Waals surface area contributed by atoms with Crippen molar-refractivity contribution < 1.29 is 0 Å². The van der Waals surface area contributed by atoms with Crippen LogP contribution in [-0.4, -0.2) is 4.57 Å². The topological polar surface area (TPSA) is 4.93 Å². The molecule has 0 spiro atoms. The minimum atomic E-state index is 0.169. The number of aromatic nitrogens is 1. The molecule has 0 bridgehead atoms. The second-order valence-corrected chi connectivity index (χ2v) is 5.34. The molecule has 0 N–H and O–H groups in total. The van der Waals surface area contributed by atoms with Crippen LogP contribution < -0.4 is 0 Å². The van der Waals surface area contributed by atoms with Gasteiger partial charge in [0.2, 0.25) is 0 Å². The van der Waals surface area contributed by atoms with Crippen LogP contribution in [-0.2, 0) is 12.0 Å². The Labute approximate surface area is 101 Å². The fraction of sp³-hybridized carbons (Fsp3) is 0.250. The second kappa shape index (κ2) is 2.92. The van der Waals surface area contributed by atoms with Crippen molar-refractivity contribution in [1.29, 1.82) is 0 Å². The van der Waals surface area contributed by atoms with E-state index in [1.807, 2.05) is 0 Å². The van der Waals surface area contributed by atoms with Crippen LogP contribution >= 0.6 is 0 Å². The third kappa shape index (κ3) is 1.04. The van der Waals surface area contributed by atoms with E-state index in [1.165, 1.54) is 22.4 Å². The van der Waals surface area contributed by atoms with Gasteiger partial charge in [0.25, 0.3) is 0 Å². The van der Waals surface area contributed by atoms with Gasteiger partial charge in [0.15, 0.2) is 0 Å². The molecule has 1 nitrogen and oxygen atoms in total. The highest BCUT2D eigenvalue weighted by molar-refractivity contribution is 5.62. The summed E-state index contributed by atoms with van der Waals surface area (Å²) < 4.78 is 2.42. The van der Waals surface area contributed by atoms with Gasteiger partial charge >= 0.3 is 0 Å². The molecule has 0 radical (unpaired) electrons. The standard InChI is InChI=1S/C16H15N/c1-16-9-4-6-12-8-10-17(15(12)16)11-13-5-2-3-7-14(13)16/h2-8,10H,9,11H2,1H3/t16-/m1/s1. The molecule has 17 heavy (non-hydrogen) atoms. The first kappa shape index (κ1) is 9.29. The lowest BCUT2D eigenvalue weighted by Crippen LogP contribution is -2.34. The Morgan fingerprint density at radius 3 is 3.00 bits per heavy atom. The van der Waals surface area contributed by atoms with E-state index in [0.29, 0.717) is 0 Å². The number of hydrogen-bond donors (Lipinski definition) is 0. The molecular formula is C16H15N. The van der Waals surface area contributed by atoms with Gasteiger partial charge in [-0.3, -0.25) is 0 Å². The van der Waals surface area contributed by atoms with Crippen LogP contribution in [0.5, 0.6) is 0 Å². The third-order valence-corrected chi connectivity index (χ3v) is 4.29. The summed E-state index contributed by atoms with van der Waals surface area (Å²) in [6.45, 7) is 3.40. The maximum atomic E-state index is 2.42. The first-order valence-corrected chi connectivity index (χ1v) is 6.23. The van der Waals surface area contributed by atoms with Gasteiger partial charge < -0.3 is 4.57 Å². The van der Waals surface area contributed by atoms with Crippen molar-refractivity contribution >= 4 is 6.08 Å². The summed E-state index contributed by atoms with van der Waals surface area (Å²) in [6.07, 6.45) is 7.92. The van der Waals surface area contributed by atoms with Crippen molar-refractivity contribution in [2.75, 3.05) is 0 Å². The van der Waals surface area contributed by atoms with Crippen molar-refractivity contribution in [2.45, 2.75) is 25.3 Å². The quantitative estimate of drug-likeness (QED) is 0.641. The van der Waals surface area contributed by atoms with E-state index < -0.39 is 0 Å². The molecular weight excluding hydrogens is 206 g/mol. The predicted molar refractivity (Wildman–Crippen MR) is 70.1 cm³/mol. The van der Waals surface area contributed by atoms with Crippen LogP contribution in [0, 0.1) is 0 Å². The molecule has 0 amide bonds. The number of nitrogens with zero attached hydrogens (tertiary/aromatic N) is 1. The van der Waals surface area contributed by atoms with E-state index in [4.69, 9.17) is 0 Å². The van der Waals surface area contributed by atoms with E-state index in [1.54, 1.807) is 0 Å². The van der Waals surface area contributed by atoms with Crippen LogP contribution in [0.1, 0.15) is 35.7 Å². The molecule has 0 fully saturated rings. The fourth-order valence-corrected chi connectivity index (χ4v) is 3.53. The Bertz CT molecular complexity index is 633. The van der Waals surface area contributed by atoms with Crippen molar-refractivity contribution in [3.63, 3.8) is 0 Å². The zero-order valence-corrected chi connectivity index (χ0v) is 9.98. The maximum Gasteiger partial charge on any atom is 0.0476 e. The molecule has 0 unspecified atom stereocenters. The van der Waals surface area contributed by atoms with E-state index >= 15 is 0 Å². The average Bonchev–Trinajstić information content (AvgIpc) is 2.75. The van der Waals surface area contributed by atoms with Crippen molar-refractivity contribution in [3.8, 4) is 0 Å². The monoisotopic (exact) mass is 221 g/mol. The van der Waals surface area contributed by atoms with Crippen LogP contribution in [0.4, 0.5) is 0 Å². The molecule has 1 heteroatoms. The summed E-state index contributed by atoms with van der Waals surface area (Å²) in [5, 5.41) is 0. The molecule has 0 saturated heterocycles. The Balaban J connectivity index is 2.08. The van der Waals surface area contributed by atoms with Crippen molar-refractivity contribution in [1.82, 2.24) is 4.57 Å². The fourth-order valence-electron chi connectivity index (χ4n) is 3.53. The number of fused-ring (bicyclic) bond motifs is 2. The number of allylic oxidation sites excluding steroid dienone is 1. The van der Waals surface area contributed by atoms with Gasteiger partial charge in [0, 0.05) is 23.9 Å². The third-order valence-electron chi connectivity index (χ3n) is 4.29. The minimum absolute atomic E-state index is 0.169. The van der Waals surface area contributed by atoms with E-state index in [0.717, 1.165) is 13.0 Å². The highest BCUT2D eigenvalue weighted by Crippen LogP contribution is 2.45. The lowest BCUT2D eigenvalue weighted by molar-refractivity contribution is 0.488. The minimum Gasteiger partial charge on any atom is -0.346 e. The average molecular weight is 221 g/mol. The number of rotatable bonds is 0. The Morgan fingerprint density at radius 1 is 1.18 bits per heavy atom. The first-order valence-electron chi connectivity index (χ1n) is 6.23. The molecule has 2 heterocycles. The number of hydrogen-bond acceptors (Lipinski definition) is 0. The van der Waals surface area contributed by atoms with E-state index in [-0.39, 0.29) is 5.41 Å². The van der Waals surface area contributed by atoms with Crippen LogP contribution in [0.15, 0.2) is 42.6 Å². The Morgan fingerprint density at radius 2 is 2.06 bits per heavy atom. The molecule has 1 aromatic heterocycles. The van der Waals surface area contributed by atoms with Gasteiger partial charge in [0.1, 0.15) is 0 Å².